The summed E-state index contributed by atoms with van der Waals surface area (Å²) in [6, 6.07) is 3.24. The molecule has 0 aliphatic carbocycles. The molecule has 6 nitrogen and oxygen atoms in total. The number of nitrogens with one attached hydrogen (secondary N) is 1. The second-order valence-corrected chi connectivity index (χ2v) is 5.07. The van der Waals surface area contributed by atoms with Gasteiger partial charge in [0.25, 0.3) is 0 Å². The van der Waals surface area contributed by atoms with E-state index in [-0.39, 0.29) is 18.9 Å². The highest BCUT2D eigenvalue weighted by Crippen LogP contribution is 2.21. The molecule has 21 heavy (non-hydrogen) atoms. The van der Waals surface area contributed by atoms with Crippen LogP contribution in [-0.2, 0) is 9.53 Å². The van der Waals surface area contributed by atoms with E-state index >= 15 is 0 Å². The first kappa shape index (κ1) is 15.2. The van der Waals surface area contributed by atoms with E-state index in [2.05, 4.69) is 5.32 Å². The summed E-state index contributed by atoms with van der Waals surface area (Å²) in [7, 11) is 1.47. The molecule has 0 radical (unpaired) electrons. The molecule has 1 aliphatic rings. The quantitative estimate of drug-likeness (QED) is 0.890. The van der Waals surface area contributed by atoms with Gasteiger partial charge in [-0.3, -0.25) is 4.79 Å². The summed E-state index contributed by atoms with van der Waals surface area (Å²) in [6.45, 7) is 2.00. The van der Waals surface area contributed by atoms with Crippen molar-refractivity contribution in [2.24, 2.45) is 5.92 Å². The molecule has 2 atom stereocenters. The zero-order valence-electron chi connectivity index (χ0n) is 11.8. The van der Waals surface area contributed by atoms with Crippen LogP contribution in [0.2, 0.25) is 0 Å². The number of nitrogens with zero attached hydrogens (tertiary/aromatic N) is 1. The van der Waals surface area contributed by atoms with Crippen molar-refractivity contribution in [1.82, 2.24) is 4.90 Å². The molecule has 1 aromatic rings. The Balaban J connectivity index is 2.09. The number of carboxylic acids is 1. The molecule has 1 fully saturated rings. The number of carbonyl (C=O) groups excluding carboxylic acids is 1. The Morgan fingerprint density at radius 1 is 1.43 bits per heavy atom. The normalized spacial score (nSPS) is 21.1. The number of hydrogen-bond acceptors (Lipinski definition) is 3. The third-order valence-corrected chi connectivity index (χ3v) is 3.55. The molecule has 7 heteroatoms. The van der Waals surface area contributed by atoms with Gasteiger partial charge in [0, 0.05) is 7.05 Å². The lowest BCUT2D eigenvalue weighted by molar-refractivity contribution is -0.142. The van der Waals surface area contributed by atoms with Crippen molar-refractivity contribution < 1.29 is 23.8 Å². The number of likely N-dealkylation sites (N-methyl/N-ethyl adjacent to an activating group) is 1. The molecule has 2 amide bonds. The number of ether oxygens (including phenoxy) is 1. The van der Waals surface area contributed by atoms with Gasteiger partial charge in [0.15, 0.2) is 0 Å². The van der Waals surface area contributed by atoms with E-state index in [0.717, 1.165) is 5.56 Å². The van der Waals surface area contributed by atoms with Gasteiger partial charge < -0.3 is 20.1 Å². The van der Waals surface area contributed by atoms with Crippen molar-refractivity contribution >= 4 is 17.7 Å². The number of carbonyl (C=O) groups is 2. The molecule has 1 aliphatic heterocycles. The molecule has 1 heterocycles. The third kappa shape index (κ3) is 3.30. The SMILES string of the molecule is Cc1ccc(F)c(NC(=O)N(C)C2COCC2C(=O)O)c1. The van der Waals surface area contributed by atoms with Gasteiger partial charge in [0.1, 0.15) is 11.7 Å². The highest BCUT2D eigenvalue weighted by Gasteiger charge is 2.38. The molecule has 2 rings (SSSR count). The number of aryl methyl sites for hydroxylation is 1. The summed E-state index contributed by atoms with van der Waals surface area (Å²) in [5.41, 5.74) is 0.875. The summed E-state index contributed by atoms with van der Waals surface area (Å²) < 4.78 is 18.7. The lowest BCUT2D eigenvalue weighted by Crippen LogP contribution is -2.46. The molecular formula is C14H17FN2O4. The fourth-order valence-electron chi connectivity index (χ4n) is 2.25. The molecule has 2 N–H and O–H groups in total. The Kier molecular flexibility index (Phi) is 4.42. The molecule has 114 valence electrons. The van der Waals surface area contributed by atoms with Crippen LogP contribution in [0.4, 0.5) is 14.9 Å². The summed E-state index contributed by atoms with van der Waals surface area (Å²) in [6.07, 6.45) is 0. The van der Waals surface area contributed by atoms with Crippen LogP contribution in [-0.4, -0.2) is 48.3 Å². The van der Waals surface area contributed by atoms with Crippen LogP contribution in [0.3, 0.4) is 0 Å². The topological polar surface area (TPSA) is 78.9 Å². The van der Waals surface area contributed by atoms with Gasteiger partial charge in [0.05, 0.1) is 24.9 Å². The van der Waals surface area contributed by atoms with Crippen LogP contribution in [0.1, 0.15) is 5.56 Å². The predicted octanol–water partition coefficient (Wildman–Crippen LogP) is 1.70. The monoisotopic (exact) mass is 296 g/mol. The van der Waals surface area contributed by atoms with Crippen molar-refractivity contribution in [1.29, 1.82) is 0 Å². The predicted molar refractivity (Wildman–Crippen MR) is 73.7 cm³/mol. The van der Waals surface area contributed by atoms with Gasteiger partial charge in [-0.1, -0.05) is 6.07 Å². The number of anilines is 1. The van der Waals surface area contributed by atoms with Crippen molar-refractivity contribution in [3.05, 3.63) is 29.6 Å². The van der Waals surface area contributed by atoms with E-state index in [1.807, 2.05) is 0 Å². The van der Waals surface area contributed by atoms with E-state index in [4.69, 9.17) is 9.84 Å². The largest absolute Gasteiger partial charge is 0.481 e. The highest BCUT2D eigenvalue weighted by atomic mass is 19.1. The summed E-state index contributed by atoms with van der Waals surface area (Å²) in [4.78, 5) is 24.5. The number of rotatable bonds is 3. The van der Waals surface area contributed by atoms with Crippen molar-refractivity contribution in [3.8, 4) is 0 Å². The molecule has 0 aromatic heterocycles. The second kappa shape index (κ2) is 6.09. The Morgan fingerprint density at radius 3 is 2.81 bits per heavy atom. The maximum absolute atomic E-state index is 13.6. The molecule has 0 bridgehead atoms. The molecule has 2 unspecified atom stereocenters. The van der Waals surface area contributed by atoms with Gasteiger partial charge >= 0.3 is 12.0 Å². The first-order chi connectivity index (χ1) is 9.90. The van der Waals surface area contributed by atoms with Gasteiger partial charge in [-0.25, -0.2) is 9.18 Å². The number of hydrogen-bond donors (Lipinski definition) is 2. The number of urea groups is 1. The molecule has 0 spiro atoms. The first-order valence-corrected chi connectivity index (χ1v) is 6.50. The van der Waals surface area contributed by atoms with Crippen LogP contribution in [0.5, 0.6) is 0 Å². The number of aliphatic carboxylic acids is 1. The highest BCUT2D eigenvalue weighted by molar-refractivity contribution is 5.90. The van der Waals surface area contributed by atoms with Crippen LogP contribution >= 0.6 is 0 Å². The third-order valence-electron chi connectivity index (χ3n) is 3.55. The Bertz CT molecular complexity index is 564. The minimum absolute atomic E-state index is 0.0659. The Morgan fingerprint density at radius 2 is 2.14 bits per heavy atom. The average molecular weight is 296 g/mol. The van der Waals surface area contributed by atoms with Gasteiger partial charge in [-0.15, -0.1) is 0 Å². The lowest BCUT2D eigenvalue weighted by atomic mass is 10.0. The fourth-order valence-corrected chi connectivity index (χ4v) is 2.25. The standard InChI is InChI=1S/C14H17FN2O4/c1-8-3-4-10(15)11(5-8)16-14(20)17(2)12-7-21-6-9(12)13(18)19/h3-5,9,12H,6-7H2,1-2H3,(H,16,20)(H,18,19). The minimum Gasteiger partial charge on any atom is -0.481 e. The van der Waals surface area contributed by atoms with Crippen molar-refractivity contribution in [2.75, 3.05) is 25.6 Å². The number of benzene rings is 1. The number of amides is 2. The van der Waals surface area contributed by atoms with E-state index in [1.165, 1.54) is 24.1 Å². The molecule has 1 aromatic carbocycles. The van der Waals surface area contributed by atoms with E-state index in [1.54, 1.807) is 13.0 Å². The van der Waals surface area contributed by atoms with E-state index in [0.29, 0.717) is 0 Å². The van der Waals surface area contributed by atoms with Crippen LogP contribution < -0.4 is 5.32 Å². The zero-order valence-corrected chi connectivity index (χ0v) is 11.8. The number of carboxylic acid groups (broad SMARTS) is 1. The fraction of sp³-hybridized carbons (Fsp3) is 0.429. The Labute approximate surface area is 121 Å². The first-order valence-electron chi connectivity index (χ1n) is 6.50. The van der Waals surface area contributed by atoms with E-state index in [9.17, 15) is 14.0 Å². The van der Waals surface area contributed by atoms with Crippen LogP contribution in [0.15, 0.2) is 18.2 Å². The maximum atomic E-state index is 13.6. The smallest absolute Gasteiger partial charge is 0.322 e. The zero-order chi connectivity index (χ0) is 15.6. The van der Waals surface area contributed by atoms with Crippen molar-refractivity contribution in [2.45, 2.75) is 13.0 Å². The maximum Gasteiger partial charge on any atom is 0.322 e. The van der Waals surface area contributed by atoms with Crippen LogP contribution in [0.25, 0.3) is 0 Å². The summed E-state index contributed by atoms with van der Waals surface area (Å²) in [5.74, 6) is -2.33. The minimum atomic E-state index is -1.01. The van der Waals surface area contributed by atoms with Gasteiger partial charge in [-0.05, 0) is 24.6 Å². The molecule has 0 saturated carbocycles. The van der Waals surface area contributed by atoms with Crippen molar-refractivity contribution in [3.63, 3.8) is 0 Å². The second-order valence-electron chi connectivity index (χ2n) is 5.07. The van der Waals surface area contributed by atoms with Gasteiger partial charge in [0.2, 0.25) is 0 Å². The average Bonchev–Trinajstić information content (AvgIpc) is 2.91. The summed E-state index contributed by atoms with van der Waals surface area (Å²) >= 11 is 0. The molecular weight excluding hydrogens is 279 g/mol. The Hall–Kier alpha value is -2.15. The van der Waals surface area contributed by atoms with Gasteiger partial charge in [-0.2, -0.15) is 0 Å². The summed E-state index contributed by atoms with van der Waals surface area (Å²) in [5, 5.41) is 11.5. The van der Waals surface area contributed by atoms with Crippen LogP contribution in [0, 0.1) is 18.7 Å². The lowest BCUT2D eigenvalue weighted by Gasteiger charge is -2.26. The molecule has 1 saturated heterocycles. The number of halogens is 1. The van der Waals surface area contributed by atoms with E-state index < -0.39 is 29.8 Å².